The second kappa shape index (κ2) is 5.52. The van der Waals surface area contributed by atoms with Crippen molar-refractivity contribution in [1.82, 2.24) is 5.32 Å². The SMILES string of the molecule is CC(C)C(C)(C)CNC(=O)C(=O)OC(C)(C)C. The summed E-state index contributed by atoms with van der Waals surface area (Å²) in [6.45, 7) is 13.9. The van der Waals surface area contributed by atoms with Gasteiger partial charge in [-0.05, 0) is 32.1 Å². The molecule has 1 N–H and O–H groups in total. The van der Waals surface area contributed by atoms with Crippen molar-refractivity contribution in [3.63, 3.8) is 0 Å². The molecule has 0 saturated heterocycles. The zero-order valence-corrected chi connectivity index (χ0v) is 12.0. The van der Waals surface area contributed by atoms with Gasteiger partial charge in [0, 0.05) is 6.54 Å². The Hall–Kier alpha value is -1.06. The van der Waals surface area contributed by atoms with Gasteiger partial charge < -0.3 is 10.1 Å². The predicted octanol–water partition coefficient (Wildman–Crippen LogP) is 2.13. The van der Waals surface area contributed by atoms with Crippen molar-refractivity contribution in [2.45, 2.75) is 54.1 Å². The summed E-state index contributed by atoms with van der Waals surface area (Å²) in [6, 6.07) is 0. The topological polar surface area (TPSA) is 55.4 Å². The fraction of sp³-hybridized carbons (Fsp3) is 0.846. The number of esters is 1. The smallest absolute Gasteiger partial charge is 0.397 e. The molecule has 17 heavy (non-hydrogen) atoms. The van der Waals surface area contributed by atoms with Crippen LogP contribution in [0.4, 0.5) is 0 Å². The molecule has 0 radical (unpaired) electrons. The van der Waals surface area contributed by atoms with Crippen LogP contribution in [0.15, 0.2) is 0 Å². The van der Waals surface area contributed by atoms with Crippen LogP contribution in [0.2, 0.25) is 0 Å². The average Bonchev–Trinajstić information content (AvgIpc) is 2.11. The molecule has 0 aromatic rings. The molecule has 100 valence electrons. The summed E-state index contributed by atoms with van der Waals surface area (Å²) >= 11 is 0. The lowest BCUT2D eigenvalue weighted by atomic mass is 9.81. The monoisotopic (exact) mass is 243 g/mol. The van der Waals surface area contributed by atoms with E-state index in [1.807, 2.05) is 13.8 Å². The lowest BCUT2D eigenvalue weighted by Gasteiger charge is -2.29. The third-order valence-corrected chi connectivity index (χ3v) is 2.85. The van der Waals surface area contributed by atoms with E-state index in [1.54, 1.807) is 20.8 Å². The minimum atomic E-state index is -0.822. The molecule has 0 saturated carbocycles. The third-order valence-electron chi connectivity index (χ3n) is 2.85. The summed E-state index contributed by atoms with van der Waals surface area (Å²) in [4.78, 5) is 22.9. The number of nitrogens with one attached hydrogen (secondary N) is 1. The maximum Gasteiger partial charge on any atom is 0.397 e. The van der Waals surface area contributed by atoms with Crippen molar-refractivity contribution in [1.29, 1.82) is 0 Å². The molecule has 4 heteroatoms. The van der Waals surface area contributed by atoms with Crippen LogP contribution in [0.5, 0.6) is 0 Å². The van der Waals surface area contributed by atoms with Crippen LogP contribution in [0.3, 0.4) is 0 Å². The van der Waals surface area contributed by atoms with Crippen LogP contribution >= 0.6 is 0 Å². The van der Waals surface area contributed by atoms with E-state index in [0.29, 0.717) is 12.5 Å². The lowest BCUT2D eigenvalue weighted by Crippen LogP contribution is -2.42. The minimum absolute atomic E-state index is 0.0440. The molecule has 0 bridgehead atoms. The number of hydrogen-bond donors (Lipinski definition) is 1. The number of rotatable bonds is 3. The molecule has 0 aliphatic heterocycles. The van der Waals surface area contributed by atoms with E-state index in [4.69, 9.17) is 4.74 Å². The largest absolute Gasteiger partial charge is 0.453 e. The van der Waals surface area contributed by atoms with Crippen LogP contribution in [-0.2, 0) is 14.3 Å². The van der Waals surface area contributed by atoms with Crippen molar-refractivity contribution in [2.75, 3.05) is 6.54 Å². The molecule has 4 nitrogen and oxygen atoms in total. The maximum atomic E-state index is 11.5. The predicted molar refractivity (Wildman–Crippen MR) is 67.5 cm³/mol. The van der Waals surface area contributed by atoms with Crippen molar-refractivity contribution in [2.24, 2.45) is 11.3 Å². The van der Waals surface area contributed by atoms with Crippen LogP contribution in [0.25, 0.3) is 0 Å². The third kappa shape index (κ3) is 6.29. The molecular weight excluding hydrogens is 218 g/mol. The van der Waals surface area contributed by atoms with Gasteiger partial charge in [0.05, 0.1) is 0 Å². The van der Waals surface area contributed by atoms with Crippen LogP contribution in [0, 0.1) is 11.3 Å². The van der Waals surface area contributed by atoms with E-state index in [-0.39, 0.29) is 5.41 Å². The molecule has 0 heterocycles. The number of carbonyl (C=O) groups is 2. The molecule has 0 aliphatic carbocycles. The van der Waals surface area contributed by atoms with Gasteiger partial charge in [-0.3, -0.25) is 4.79 Å². The lowest BCUT2D eigenvalue weighted by molar-refractivity contribution is -0.163. The molecule has 1 amide bonds. The van der Waals surface area contributed by atoms with Crippen LogP contribution in [-0.4, -0.2) is 24.0 Å². The Morgan fingerprint density at radius 3 is 1.94 bits per heavy atom. The maximum absolute atomic E-state index is 11.5. The number of carbonyl (C=O) groups excluding carboxylic acids is 2. The summed E-state index contributed by atoms with van der Waals surface area (Å²) in [5.41, 5.74) is -0.681. The molecule has 0 spiro atoms. The van der Waals surface area contributed by atoms with Gasteiger partial charge in [-0.15, -0.1) is 0 Å². The molecule has 0 unspecified atom stereocenters. The first-order chi connectivity index (χ1) is 7.46. The van der Waals surface area contributed by atoms with Gasteiger partial charge in [0.1, 0.15) is 5.60 Å². The van der Waals surface area contributed by atoms with Gasteiger partial charge in [0.25, 0.3) is 0 Å². The Labute approximate surface area is 104 Å². The Balaban J connectivity index is 4.25. The van der Waals surface area contributed by atoms with E-state index in [2.05, 4.69) is 19.2 Å². The van der Waals surface area contributed by atoms with Crippen LogP contribution < -0.4 is 5.32 Å². The van der Waals surface area contributed by atoms with Crippen molar-refractivity contribution >= 4 is 11.9 Å². The number of amides is 1. The van der Waals surface area contributed by atoms with E-state index in [1.165, 1.54) is 0 Å². The second-order valence-corrected chi connectivity index (χ2v) is 6.33. The second-order valence-electron chi connectivity index (χ2n) is 6.33. The van der Waals surface area contributed by atoms with Gasteiger partial charge >= 0.3 is 11.9 Å². The average molecular weight is 243 g/mol. The summed E-state index contributed by atoms with van der Waals surface area (Å²) in [5.74, 6) is -1.08. The Morgan fingerprint density at radius 2 is 1.59 bits per heavy atom. The Kier molecular flexibility index (Phi) is 5.17. The number of hydrogen-bond acceptors (Lipinski definition) is 3. The standard InChI is InChI=1S/C13H25NO3/c1-9(2)13(6,7)8-14-10(15)11(16)17-12(3,4)5/h9H,8H2,1-7H3,(H,14,15). The van der Waals surface area contributed by atoms with Crippen LogP contribution in [0.1, 0.15) is 48.5 Å². The Bertz CT molecular complexity index is 288. The summed E-state index contributed by atoms with van der Waals surface area (Å²) in [7, 11) is 0. The van der Waals surface area contributed by atoms with E-state index in [9.17, 15) is 9.59 Å². The molecule has 0 rings (SSSR count). The van der Waals surface area contributed by atoms with Crippen molar-refractivity contribution in [3.05, 3.63) is 0 Å². The summed E-state index contributed by atoms with van der Waals surface area (Å²) < 4.78 is 4.97. The zero-order chi connectivity index (χ0) is 13.9. The first kappa shape index (κ1) is 15.9. The van der Waals surface area contributed by atoms with Gasteiger partial charge in [-0.2, -0.15) is 0 Å². The molecule has 0 aliphatic rings. The quantitative estimate of drug-likeness (QED) is 0.610. The van der Waals surface area contributed by atoms with Gasteiger partial charge in [0.2, 0.25) is 0 Å². The fourth-order valence-electron chi connectivity index (χ4n) is 0.909. The first-order valence-electron chi connectivity index (χ1n) is 5.97. The van der Waals surface area contributed by atoms with E-state index >= 15 is 0 Å². The van der Waals surface area contributed by atoms with Gasteiger partial charge in [-0.1, -0.05) is 27.7 Å². The van der Waals surface area contributed by atoms with Gasteiger partial charge in [-0.25, -0.2) is 4.79 Å². The van der Waals surface area contributed by atoms with E-state index in [0.717, 1.165) is 0 Å². The molecule has 0 aromatic carbocycles. The van der Waals surface area contributed by atoms with Gasteiger partial charge in [0.15, 0.2) is 0 Å². The molecule has 0 atom stereocenters. The van der Waals surface area contributed by atoms with Crippen molar-refractivity contribution < 1.29 is 14.3 Å². The van der Waals surface area contributed by atoms with Crippen molar-refractivity contribution in [3.8, 4) is 0 Å². The Morgan fingerprint density at radius 1 is 1.12 bits per heavy atom. The summed E-state index contributed by atoms with van der Waals surface area (Å²) in [6.07, 6.45) is 0. The highest BCUT2D eigenvalue weighted by atomic mass is 16.6. The highest BCUT2D eigenvalue weighted by molar-refractivity contribution is 6.32. The minimum Gasteiger partial charge on any atom is -0.453 e. The normalized spacial score (nSPS) is 12.5. The molecule has 0 aromatic heterocycles. The number of ether oxygens (including phenoxy) is 1. The molecular formula is C13H25NO3. The first-order valence-corrected chi connectivity index (χ1v) is 5.97. The highest BCUT2D eigenvalue weighted by Crippen LogP contribution is 2.24. The zero-order valence-electron chi connectivity index (χ0n) is 12.0. The van der Waals surface area contributed by atoms with E-state index < -0.39 is 17.5 Å². The highest BCUT2D eigenvalue weighted by Gasteiger charge is 2.27. The fourth-order valence-corrected chi connectivity index (χ4v) is 0.909. The molecule has 0 fully saturated rings. The summed E-state index contributed by atoms with van der Waals surface area (Å²) in [5, 5.41) is 2.61.